The van der Waals surface area contributed by atoms with E-state index in [1.165, 1.54) is 50.3 Å². The number of carbonyl (C=O) groups is 1. The maximum Gasteiger partial charge on any atom is 0.258 e. The largest absolute Gasteiger partial charge is 0.493 e. The van der Waals surface area contributed by atoms with Gasteiger partial charge in [0, 0.05) is 18.5 Å². The smallest absolute Gasteiger partial charge is 0.258 e. The Balaban J connectivity index is 1.43. The lowest BCUT2D eigenvalue weighted by atomic mass is 9.88. The summed E-state index contributed by atoms with van der Waals surface area (Å²) in [6.45, 7) is 0. The highest BCUT2D eigenvalue weighted by atomic mass is 32.2. The summed E-state index contributed by atoms with van der Waals surface area (Å²) >= 11 is 1.21. The Kier molecular flexibility index (Phi) is 7.90. The van der Waals surface area contributed by atoms with Gasteiger partial charge in [0.1, 0.15) is 0 Å². The molecule has 0 radical (unpaired) electrons. The van der Waals surface area contributed by atoms with Crippen LogP contribution in [0.15, 0.2) is 40.3 Å². The van der Waals surface area contributed by atoms with Crippen LogP contribution in [-0.2, 0) is 11.2 Å². The fourth-order valence-corrected chi connectivity index (χ4v) is 5.85. The van der Waals surface area contributed by atoms with Crippen molar-refractivity contribution in [1.29, 1.82) is 0 Å². The molecule has 0 atom stereocenters. The van der Waals surface area contributed by atoms with Gasteiger partial charge in [-0.25, -0.2) is 0 Å². The van der Waals surface area contributed by atoms with Crippen LogP contribution in [-0.4, -0.2) is 43.7 Å². The summed E-state index contributed by atoms with van der Waals surface area (Å²) in [6.07, 6.45) is 12.0. The zero-order chi connectivity index (χ0) is 22.3. The Bertz CT molecular complexity index is 933. The van der Waals surface area contributed by atoms with E-state index in [2.05, 4.69) is 14.9 Å². The molecule has 2 aliphatic rings. The highest BCUT2D eigenvalue weighted by Crippen LogP contribution is 2.31. The summed E-state index contributed by atoms with van der Waals surface area (Å²) < 4.78 is 0. The van der Waals surface area contributed by atoms with Crippen molar-refractivity contribution in [2.75, 3.05) is 5.75 Å². The second kappa shape index (κ2) is 11.0. The number of carbonyl (C=O) groups excluding carboxylic acids is 1. The maximum absolute atomic E-state index is 13.3. The number of aromatic amines is 1. The minimum Gasteiger partial charge on any atom is -0.493 e. The summed E-state index contributed by atoms with van der Waals surface area (Å²) in [5.74, 6) is 0.0983. The van der Waals surface area contributed by atoms with E-state index in [0.717, 1.165) is 31.2 Å². The number of nitrogens with zero attached hydrogens (tertiary/aromatic N) is 2. The van der Waals surface area contributed by atoms with Crippen LogP contribution in [0.3, 0.4) is 0 Å². The molecular weight excluding hydrogens is 422 g/mol. The van der Waals surface area contributed by atoms with Crippen molar-refractivity contribution in [2.45, 2.75) is 87.9 Å². The number of nitrogens with one attached hydrogen (secondary N) is 1. The third-order valence-corrected chi connectivity index (χ3v) is 7.61. The van der Waals surface area contributed by atoms with E-state index in [-0.39, 0.29) is 28.7 Å². The average Bonchev–Trinajstić information content (AvgIpc) is 2.82. The van der Waals surface area contributed by atoms with E-state index in [0.29, 0.717) is 23.7 Å². The predicted molar refractivity (Wildman–Crippen MR) is 127 cm³/mol. The molecular formula is C25H33N3O3S. The fourth-order valence-electron chi connectivity index (χ4n) is 5.12. The van der Waals surface area contributed by atoms with E-state index >= 15 is 0 Å². The molecule has 1 aromatic carbocycles. The average molecular weight is 456 g/mol. The Labute approximate surface area is 193 Å². The molecule has 32 heavy (non-hydrogen) atoms. The molecule has 7 heteroatoms. The quantitative estimate of drug-likeness (QED) is 0.469. The van der Waals surface area contributed by atoms with Crippen molar-refractivity contribution in [3.05, 3.63) is 51.8 Å². The highest BCUT2D eigenvalue weighted by molar-refractivity contribution is 7.99. The van der Waals surface area contributed by atoms with Crippen molar-refractivity contribution in [3.8, 4) is 5.88 Å². The maximum atomic E-state index is 13.3. The first kappa shape index (κ1) is 22.9. The number of H-pyrrole nitrogens is 1. The zero-order valence-corrected chi connectivity index (χ0v) is 19.4. The van der Waals surface area contributed by atoms with E-state index in [1.807, 2.05) is 30.3 Å². The van der Waals surface area contributed by atoms with E-state index < -0.39 is 0 Å². The van der Waals surface area contributed by atoms with Crippen molar-refractivity contribution >= 4 is 17.7 Å². The van der Waals surface area contributed by atoms with Crippen molar-refractivity contribution in [3.63, 3.8) is 0 Å². The van der Waals surface area contributed by atoms with Crippen LogP contribution in [0.2, 0.25) is 0 Å². The summed E-state index contributed by atoms with van der Waals surface area (Å²) in [6, 6.07) is 10.2. The first-order valence-electron chi connectivity index (χ1n) is 11.9. The molecule has 172 valence electrons. The van der Waals surface area contributed by atoms with Gasteiger partial charge in [-0.15, -0.1) is 0 Å². The standard InChI is InChI=1S/C25H33N3O3S/c29-22(28(19-12-6-2-7-13-19)20-14-8-3-9-15-20)17-32-25-26-23(30)21(24(31)27-25)16-18-10-4-1-5-11-18/h1,4-5,10-11,19-20H,2-3,6-9,12-17H2,(H2,26,27,30,31). The molecule has 0 unspecified atom stereocenters. The summed E-state index contributed by atoms with van der Waals surface area (Å²) in [5.41, 5.74) is 0.826. The van der Waals surface area contributed by atoms with Gasteiger partial charge in [0.05, 0.1) is 11.3 Å². The third kappa shape index (κ3) is 5.74. The van der Waals surface area contributed by atoms with Gasteiger partial charge in [0.2, 0.25) is 11.8 Å². The van der Waals surface area contributed by atoms with E-state index in [9.17, 15) is 14.7 Å². The first-order valence-corrected chi connectivity index (χ1v) is 12.9. The van der Waals surface area contributed by atoms with Gasteiger partial charge in [0.25, 0.3) is 5.56 Å². The molecule has 1 amide bonds. The molecule has 1 aromatic heterocycles. The van der Waals surface area contributed by atoms with Gasteiger partial charge >= 0.3 is 0 Å². The number of benzene rings is 1. The van der Waals surface area contributed by atoms with E-state index in [1.54, 1.807) is 0 Å². The first-order chi connectivity index (χ1) is 15.6. The Morgan fingerprint density at radius 3 is 2.16 bits per heavy atom. The molecule has 2 fully saturated rings. The van der Waals surface area contributed by atoms with Crippen LogP contribution in [0.5, 0.6) is 5.88 Å². The van der Waals surface area contributed by atoms with Crippen LogP contribution in [0, 0.1) is 0 Å². The van der Waals surface area contributed by atoms with E-state index in [4.69, 9.17) is 0 Å². The number of aromatic hydroxyl groups is 1. The fraction of sp³-hybridized carbons (Fsp3) is 0.560. The minimum absolute atomic E-state index is 0.129. The number of thioether (sulfide) groups is 1. The molecule has 0 bridgehead atoms. The molecule has 0 aliphatic heterocycles. The molecule has 2 saturated carbocycles. The minimum atomic E-state index is -0.354. The lowest BCUT2D eigenvalue weighted by Gasteiger charge is -2.41. The third-order valence-electron chi connectivity index (χ3n) is 6.75. The monoisotopic (exact) mass is 455 g/mol. The molecule has 2 aliphatic carbocycles. The second-order valence-electron chi connectivity index (χ2n) is 9.01. The molecule has 6 nitrogen and oxygen atoms in total. The highest BCUT2D eigenvalue weighted by Gasteiger charge is 2.32. The topological polar surface area (TPSA) is 86.3 Å². The molecule has 0 saturated heterocycles. The zero-order valence-electron chi connectivity index (χ0n) is 18.6. The number of hydrogen-bond donors (Lipinski definition) is 2. The summed E-state index contributed by atoms with van der Waals surface area (Å²) in [5, 5.41) is 10.7. The summed E-state index contributed by atoms with van der Waals surface area (Å²) in [4.78, 5) is 35.0. The molecule has 2 N–H and O–H groups in total. The van der Waals surface area contributed by atoms with Crippen LogP contribution >= 0.6 is 11.8 Å². The SMILES string of the molecule is O=C(CSc1nc(O)c(Cc2ccccc2)c(=O)[nH]1)N(C1CCCCC1)C1CCCCC1. The Hall–Kier alpha value is -2.28. The van der Waals surface area contributed by atoms with Gasteiger partial charge in [-0.05, 0) is 31.2 Å². The van der Waals surface area contributed by atoms with Gasteiger partial charge in [-0.2, -0.15) is 4.98 Å². The Morgan fingerprint density at radius 1 is 1.00 bits per heavy atom. The van der Waals surface area contributed by atoms with Crippen LogP contribution in [0.25, 0.3) is 0 Å². The van der Waals surface area contributed by atoms with Crippen LogP contribution in [0.4, 0.5) is 0 Å². The number of rotatable bonds is 7. The van der Waals surface area contributed by atoms with Gasteiger partial charge < -0.3 is 15.0 Å². The Morgan fingerprint density at radius 2 is 1.59 bits per heavy atom. The lowest BCUT2D eigenvalue weighted by molar-refractivity contribution is -0.135. The number of hydrogen-bond acceptors (Lipinski definition) is 5. The molecule has 1 heterocycles. The van der Waals surface area contributed by atoms with Gasteiger partial charge in [-0.3, -0.25) is 9.59 Å². The van der Waals surface area contributed by atoms with Gasteiger partial charge in [0.15, 0.2) is 5.16 Å². The van der Waals surface area contributed by atoms with Gasteiger partial charge in [-0.1, -0.05) is 80.6 Å². The van der Waals surface area contributed by atoms with Crippen molar-refractivity contribution in [1.82, 2.24) is 14.9 Å². The summed E-state index contributed by atoms with van der Waals surface area (Å²) in [7, 11) is 0. The number of amides is 1. The lowest BCUT2D eigenvalue weighted by Crippen LogP contribution is -2.49. The number of aromatic nitrogens is 2. The predicted octanol–water partition coefficient (Wildman–Crippen LogP) is 4.65. The molecule has 4 rings (SSSR count). The molecule has 0 spiro atoms. The second-order valence-corrected chi connectivity index (χ2v) is 9.97. The van der Waals surface area contributed by atoms with Crippen molar-refractivity contribution < 1.29 is 9.90 Å². The normalized spacial score (nSPS) is 17.9. The van der Waals surface area contributed by atoms with Crippen LogP contribution < -0.4 is 5.56 Å². The molecule has 2 aromatic rings. The van der Waals surface area contributed by atoms with Crippen molar-refractivity contribution in [2.24, 2.45) is 0 Å². The van der Waals surface area contributed by atoms with Crippen LogP contribution in [0.1, 0.15) is 75.3 Å².